The Kier molecular flexibility index (Phi) is 6.90. The largest absolute Gasteiger partial charge is 0.478 e. The number of benzene rings is 1. The second-order valence-electron chi connectivity index (χ2n) is 5.01. The lowest BCUT2D eigenvalue weighted by Crippen LogP contribution is -1.98. The van der Waals surface area contributed by atoms with Crippen molar-refractivity contribution in [1.82, 2.24) is 0 Å². The van der Waals surface area contributed by atoms with Crippen LogP contribution >= 0.6 is 0 Å². The van der Waals surface area contributed by atoms with Gasteiger partial charge in [0.2, 0.25) is 0 Å². The standard InChI is InChI=1S/C16H22O3/c1-13(2)5-4-10-19-12-15-7-3-6-14(11-15)8-9-16(17)18/h3,6-9,11,13H,4-5,10,12H2,1-2H3,(H,17,18)/b9-8+. The van der Waals surface area contributed by atoms with Gasteiger partial charge in [-0.1, -0.05) is 32.0 Å². The smallest absolute Gasteiger partial charge is 0.328 e. The number of carboxylic acid groups (broad SMARTS) is 1. The number of hydrogen-bond donors (Lipinski definition) is 1. The Morgan fingerprint density at radius 2 is 2.21 bits per heavy atom. The van der Waals surface area contributed by atoms with Gasteiger partial charge in [-0.15, -0.1) is 0 Å². The molecule has 1 rings (SSSR count). The van der Waals surface area contributed by atoms with Gasteiger partial charge in [0.1, 0.15) is 0 Å². The van der Waals surface area contributed by atoms with Gasteiger partial charge in [-0.05, 0) is 42.0 Å². The zero-order chi connectivity index (χ0) is 14.1. The number of ether oxygens (including phenoxy) is 1. The van der Waals surface area contributed by atoms with Gasteiger partial charge < -0.3 is 9.84 Å². The van der Waals surface area contributed by atoms with Crippen LogP contribution in [-0.2, 0) is 16.1 Å². The molecular formula is C16H22O3. The monoisotopic (exact) mass is 262 g/mol. The maximum absolute atomic E-state index is 10.4. The van der Waals surface area contributed by atoms with Gasteiger partial charge in [-0.25, -0.2) is 4.79 Å². The summed E-state index contributed by atoms with van der Waals surface area (Å²) in [4.78, 5) is 10.4. The highest BCUT2D eigenvalue weighted by molar-refractivity contribution is 5.85. The van der Waals surface area contributed by atoms with Crippen molar-refractivity contribution in [3.63, 3.8) is 0 Å². The van der Waals surface area contributed by atoms with E-state index in [9.17, 15) is 4.79 Å². The van der Waals surface area contributed by atoms with E-state index in [-0.39, 0.29) is 0 Å². The van der Waals surface area contributed by atoms with Crippen molar-refractivity contribution >= 4 is 12.0 Å². The van der Waals surface area contributed by atoms with Crippen molar-refractivity contribution in [2.75, 3.05) is 6.61 Å². The molecule has 0 saturated carbocycles. The minimum absolute atomic E-state index is 0.576. The number of carbonyl (C=O) groups is 1. The molecule has 0 aliphatic heterocycles. The van der Waals surface area contributed by atoms with Gasteiger partial charge in [0, 0.05) is 12.7 Å². The third-order valence-corrected chi connectivity index (χ3v) is 2.71. The molecule has 0 heterocycles. The third-order valence-electron chi connectivity index (χ3n) is 2.71. The van der Waals surface area contributed by atoms with Crippen molar-refractivity contribution in [3.05, 3.63) is 41.5 Å². The lowest BCUT2D eigenvalue weighted by atomic mass is 10.1. The summed E-state index contributed by atoms with van der Waals surface area (Å²) in [6.07, 6.45) is 4.99. The van der Waals surface area contributed by atoms with Crippen molar-refractivity contribution in [2.24, 2.45) is 5.92 Å². The Hall–Kier alpha value is -1.61. The number of carboxylic acids is 1. The molecule has 0 atom stereocenters. The Morgan fingerprint density at radius 1 is 1.42 bits per heavy atom. The molecule has 1 N–H and O–H groups in total. The summed E-state index contributed by atoms with van der Waals surface area (Å²) >= 11 is 0. The first-order valence-electron chi connectivity index (χ1n) is 6.65. The molecule has 1 aromatic carbocycles. The van der Waals surface area contributed by atoms with Crippen LogP contribution in [0.1, 0.15) is 37.8 Å². The van der Waals surface area contributed by atoms with E-state index in [0.29, 0.717) is 12.5 Å². The minimum atomic E-state index is -0.935. The van der Waals surface area contributed by atoms with Gasteiger partial charge in [-0.3, -0.25) is 0 Å². The molecule has 0 aromatic heterocycles. The van der Waals surface area contributed by atoms with Crippen LogP contribution in [0.15, 0.2) is 30.3 Å². The highest BCUT2D eigenvalue weighted by Crippen LogP contribution is 2.09. The number of aliphatic carboxylic acids is 1. The molecule has 0 aliphatic rings. The fraction of sp³-hybridized carbons (Fsp3) is 0.438. The fourth-order valence-corrected chi connectivity index (χ4v) is 1.74. The van der Waals surface area contributed by atoms with Crippen LogP contribution in [0, 0.1) is 5.92 Å². The summed E-state index contributed by atoms with van der Waals surface area (Å²) in [6.45, 7) is 5.76. The maximum atomic E-state index is 10.4. The van der Waals surface area contributed by atoms with E-state index in [0.717, 1.165) is 30.2 Å². The summed E-state index contributed by atoms with van der Waals surface area (Å²) in [7, 11) is 0. The third kappa shape index (κ3) is 7.42. The minimum Gasteiger partial charge on any atom is -0.478 e. The van der Waals surface area contributed by atoms with E-state index in [1.807, 2.05) is 24.3 Å². The van der Waals surface area contributed by atoms with E-state index in [1.54, 1.807) is 6.08 Å². The molecule has 0 spiro atoms. The van der Waals surface area contributed by atoms with Gasteiger partial charge in [0.05, 0.1) is 6.61 Å². The molecule has 0 unspecified atom stereocenters. The Balaban J connectivity index is 2.38. The van der Waals surface area contributed by atoms with Crippen molar-refractivity contribution in [2.45, 2.75) is 33.3 Å². The fourth-order valence-electron chi connectivity index (χ4n) is 1.74. The second-order valence-corrected chi connectivity index (χ2v) is 5.01. The van der Waals surface area contributed by atoms with Crippen molar-refractivity contribution in [3.8, 4) is 0 Å². The Morgan fingerprint density at radius 3 is 2.89 bits per heavy atom. The highest BCUT2D eigenvalue weighted by Gasteiger charge is 1.97. The summed E-state index contributed by atoms with van der Waals surface area (Å²) in [5, 5.41) is 8.58. The summed E-state index contributed by atoms with van der Waals surface area (Å²) in [5.41, 5.74) is 1.95. The molecule has 0 bridgehead atoms. The van der Waals surface area contributed by atoms with Crippen LogP contribution in [0.5, 0.6) is 0 Å². The zero-order valence-corrected chi connectivity index (χ0v) is 11.6. The maximum Gasteiger partial charge on any atom is 0.328 e. The van der Waals surface area contributed by atoms with Crippen LogP contribution in [-0.4, -0.2) is 17.7 Å². The van der Waals surface area contributed by atoms with E-state index < -0.39 is 5.97 Å². The molecule has 0 saturated heterocycles. The Bertz CT molecular complexity index is 422. The van der Waals surface area contributed by atoms with E-state index in [2.05, 4.69) is 13.8 Å². The molecular weight excluding hydrogens is 240 g/mol. The summed E-state index contributed by atoms with van der Waals surface area (Å²) < 4.78 is 5.61. The highest BCUT2D eigenvalue weighted by atomic mass is 16.5. The van der Waals surface area contributed by atoms with E-state index in [1.165, 1.54) is 6.42 Å². The first-order chi connectivity index (χ1) is 9.08. The van der Waals surface area contributed by atoms with Crippen LogP contribution in [0.4, 0.5) is 0 Å². The molecule has 3 heteroatoms. The lowest BCUT2D eigenvalue weighted by Gasteiger charge is -2.06. The van der Waals surface area contributed by atoms with E-state index >= 15 is 0 Å². The van der Waals surface area contributed by atoms with Crippen LogP contribution < -0.4 is 0 Å². The van der Waals surface area contributed by atoms with Gasteiger partial charge in [0.15, 0.2) is 0 Å². The van der Waals surface area contributed by atoms with Crippen molar-refractivity contribution in [1.29, 1.82) is 0 Å². The average Bonchev–Trinajstić information content (AvgIpc) is 2.36. The summed E-state index contributed by atoms with van der Waals surface area (Å²) in [5.74, 6) is -0.219. The topological polar surface area (TPSA) is 46.5 Å². The molecule has 0 aliphatic carbocycles. The number of hydrogen-bond acceptors (Lipinski definition) is 2. The van der Waals surface area contributed by atoms with Crippen molar-refractivity contribution < 1.29 is 14.6 Å². The quantitative estimate of drug-likeness (QED) is 0.573. The summed E-state index contributed by atoms with van der Waals surface area (Å²) in [6, 6.07) is 7.72. The zero-order valence-electron chi connectivity index (χ0n) is 11.6. The van der Waals surface area contributed by atoms with Crippen LogP contribution in [0.3, 0.4) is 0 Å². The molecule has 0 fully saturated rings. The van der Waals surface area contributed by atoms with Gasteiger partial charge in [-0.2, -0.15) is 0 Å². The molecule has 104 valence electrons. The molecule has 0 amide bonds. The SMILES string of the molecule is CC(C)CCCOCc1cccc(/C=C/C(=O)O)c1. The van der Waals surface area contributed by atoms with E-state index in [4.69, 9.17) is 9.84 Å². The van der Waals surface area contributed by atoms with Gasteiger partial charge in [0.25, 0.3) is 0 Å². The molecule has 19 heavy (non-hydrogen) atoms. The molecule has 1 aromatic rings. The Labute approximate surface area is 114 Å². The average molecular weight is 262 g/mol. The normalized spacial score (nSPS) is 11.3. The predicted octanol–water partition coefficient (Wildman–Crippen LogP) is 3.74. The second kappa shape index (κ2) is 8.48. The van der Waals surface area contributed by atoms with Crippen LogP contribution in [0.25, 0.3) is 6.08 Å². The number of rotatable bonds is 8. The lowest BCUT2D eigenvalue weighted by molar-refractivity contribution is -0.131. The van der Waals surface area contributed by atoms with Gasteiger partial charge >= 0.3 is 5.97 Å². The van der Waals surface area contributed by atoms with Crippen LogP contribution in [0.2, 0.25) is 0 Å². The first kappa shape index (κ1) is 15.4. The molecule has 3 nitrogen and oxygen atoms in total. The first-order valence-corrected chi connectivity index (χ1v) is 6.65. The predicted molar refractivity (Wildman–Crippen MR) is 76.8 cm³/mol. The molecule has 0 radical (unpaired) electrons.